The van der Waals surface area contributed by atoms with Gasteiger partial charge in [0.15, 0.2) is 6.23 Å². The number of rotatable bonds is 3. The monoisotopic (exact) mass is 371 g/mol. The van der Waals surface area contributed by atoms with E-state index in [4.69, 9.17) is 10.5 Å². The van der Waals surface area contributed by atoms with Gasteiger partial charge in [0.25, 0.3) is 0 Å². The smallest absolute Gasteiger partial charge is 0.157 e. The minimum Gasteiger partial charge on any atom is -0.399 e. The van der Waals surface area contributed by atoms with Crippen molar-refractivity contribution in [2.75, 3.05) is 17.7 Å². The van der Waals surface area contributed by atoms with E-state index in [1.807, 2.05) is 24.3 Å². The number of nitrogens with one attached hydrogen (secondary N) is 1. The fraction of sp³-hybridized carbons (Fsp3) is 0.316. The molecular formula is C19H21N3O5. The van der Waals surface area contributed by atoms with Gasteiger partial charge in [-0.15, -0.1) is 0 Å². The Balaban J connectivity index is 1.64. The van der Waals surface area contributed by atoms with Gasteiger partial charge in [-0.05, 0) is 30.3 Å². The maximum Gasteiger partial charge on any atom is 0.157 e. The molecule has 0 bridgehead atoms. The number of hydrogen-bond acceptors (Lipinski definition) is 8. The summed E-state index contributed by atoms with van der Waals surface area (Å²) < 4.78 is 5.47. The topological polar surface area (TPSA) is 141 Å². The highest BCUT2D eigenvalue weighted by atomic mass is 16.6. The van der Waals surface area contributed by atoms with Gasteiger partial charge in [-0.25, -0.2) is 4.98 Å². The summed E-state index contributed by atoms with van der Waals surface area (Å²) in [5.74, 6) is 0. The highest BCUT2D eigenvalue weighted by Gasteiger charge is 2.43. The molecule has 1 aromatic heterocycles. The van der Waals surface area contributed by atoms with Gasteiger partial charge in [-0.3, -0.25) is 0 Å². The number of pyridine rings is 1. The van der Waals surface area contributed by atoms with E-state index in [0.717, 1.165) is 21.8 Å². The normalized spacial score (nSPS) is 28.5. The van der Waals surface area contributed by atoms with E-state index in [1.165, 1.54) is 0 Å². The minimum absolute atomic E-state index is 0.476. The lowest BCUT2D eigenvalue weighted by molar-refractivity contribution is -0.221. The Morgan fingerprint density at radius 1 is 0.926 bits per heavy atom. The van der Waals surface area contributed by atoms with Gasteiger partial charge in [-0.2, -0.15) is 0 Å². The molecule has 1 fully saturated rings. The average Bonchev–Trinajstić information content (AvgIpc) is 2.66. The van der Waals surface area contributed by atoms with E-state index >= 15 is 0 Å². The molecule has 5 atom stereocenters. The number of hydrogen-bond donors (Lipinski definition) is 6. The summed E-state index contributed by atoms with van der Waals surface area (Å²) in [5.41, 5.74) is 8.56. The maximum absolute atomic E-state index is 10.2. The van der Waals surface area contributed by atoms with Gasteiger partial charge in [-0.1, -0.05) is 12.1 Å². The zero-order chi connectivity index (χ0) is 19.1. The predicted molar refractivity (Wildman–Crippen MR) is 101 cm³/mol. The van der Waals surface area contributed by atoms with E-state index in [2.05, 4.69) is 10.3 Å². The van der Waals surface area contributed by atoms with Crippen molar-refractivity contribution >= 4 is 33.2 Å². The third-order valence-corrected chi connectivity index (χ3v) is 4.84. The second-order valence-corrected chi connectivity index (χ2v) is 6.74. The standard InChI is InChI=1S/C19H21N3O5/c20-11-3-1-9-5-10-2-4-12(7-14(10)22-13(9)6-11)21-19-18(26)17(25)16(24)15(8-23)27-19/h1-7,15-19,21,23-26H,8,20H2/t15-,16-,17+,18-,19-/m1/s1. The van der Waals surface area contributed by atoms with E-state index in [1.54, 1.807) is 18.2 Å². The van der Waals surface area contributed by atoms with Crippen LogP contribution in [0.25, 0.3) is 21.8 Å². The lowest BCUT2D eigenvalue weighted by atomic mass is 9.98. The van der Waals surface area contributed by atoms with Crippen LogP contribution in [0.1, 0.15) is 0 Å². The number of nitrogen functional groups attached to an aromatic ring is 1. The van der Waals surface area contributed by atoms with Crippen LogP contribution < -0.4 is 11.1 Å². The first-order valence-corrected chi connectivity index (χ1v) is 8.63. The van der Waals surface area contributed by atoms with Gasteiger partial charge in [0.1, 0.15) is 24.4 Å². The molecule has 0 amide bonds. The Morgan fingerprint density at radius 3 is 2.37 bits per heavy atom. The van der Waals surface area contributed by atoms with Crippen molar-refractivity contribution in [3.63, 3.8) is 0 Å². The summed E-state index contributed by atoms with van der Waals surface area (Å²) in [6.45, 7) is -0.476. The highest BCUT2D eigenvalue weighted by Crippen LogP contribution is 2.26. The predicted octanol–water partition coefficient (Wildman–Crippen LogP) is 0.182. The molecule has 0 saturated carbocycles. The number of nitrogens with two attached hydrogens (primary N) is 1. The van der Waals surface area contributed by atoms with Crippen molar-refractivity contribution in [2.45, 2.75) is 30.6 Å². The fourth-order valence-corrected chi connectivity index (χ4v) is 3.31. The van der Waals surface area contributed by atoms with Gasteiger partial charge in [0.05, 0.1) is 17.6 Å². The Hall–Kier alpha value is -2.49. The van der Waals surface area contributed by atoms with Crippen molar-refractivity contribution in [3.8, 4) is 0 Å². The summed E-state index contributed by atoms with van der Waals surface area (Å²) in [6.07, 6.45) is -6.14. The van der Waals surface area contributed by atoms with Crippen LogP contribution in [0, 0.1) is 0 Å². The molecule has 0 aliphatic carbocycles. The third kappa shape index (κ3) is 3.29. The summed E-state index contributed by atoms with van der Waals surface area (Å²) >= 11 is 0. The lowest BCUT2D eigenvalue weighted by Crippen LogP contribution is -2.60. The molecule has 1 saturated heterocycles. The molecule has 4 rings (SSSR count). The summed E-state index contributed by atoms with van der Waals surface area (Å²) in [5, 5.41) is 44.1. The molecule has 8 heteroatoms. The molecule has 1 aliphatic heterocycles. The summed E-state index contributed by atoms with van der Waals surface area (Å²) in [4.78, 5) is 4.62. The van der Waals surface area contributed by atoms with E-state index in [9.17, 15) is 20.4 Å². The Morgan fingerprint density at radius 2 is 1.63 bits per heavy atom. The van der Waals surface area contributed by atoms with Crippen molar-refractivity contribution in [3.05, 3.63) is 42.5 Å². The zero-order valence-corrected chi connectivity index (χ0v) is 14.4. The number of nitrogens with zero attached hydrogens (tertiary/aromatic N) is 1. The minimum atomic E-state index is -1.43. The first-order valence-electron chi connectivity index (χ1n) is 8.63. The number of anilines is 2. The van der Waals surface area contributed by atoms with Gasteiger partial charge >= 0.3 is 0 Å². The molecule has 27 heavy (non-hydrogen) atoms. The Bertz CT molecular complexity index is 980. The van der Waals surface area contributed by atoms with E-state index in [0.29, 0.717) is 11.4 Å². The number of aliphatic hydroxyl groups is 4. The fourth-order valence-electron chi connectivity index (χ4n) is 3.31. The molecule has 0 radical (unpaired) electrons. The van der Waals surface area contributed by atoms with Crippen LogP contribution in [0.5, 0.6) is 0 Å². The second-order valence-electron chi connectivity index (χ2n) is 6.74. The van der Waals surface area contributed by atoms with Crippen LogP contribution in [0.15, 0.2) is 42.5 Å². The van der Waals surface area contributed by atoms with Crippen LogP contribution in [0.4, 0.5) is 11.4 Å². The van der Waals surface area contributed by atoms with Crippen molar-refractivity contribution in [1.29, 1.82) is 0 Å². The average molecular weight is 371 g/mol. The van der Waals surface area contributed by atoms with E-state index < -0.39 is 37.3 Å². The van der Waals surface area contributed by atoms with E-state index in [-0.39, 0.29) is 0 Å². The van der Waals surface area contributed by atoms with Crippen molar-refractivity contribution < 1.29 is 25.2 Å². The SMILES string of the molecule is Nc1ccc2cc3ccc(N[C@@H]4O[C@H](CO)[C@@H](O)[C@H](O)[C@H]4O)cc3nc2c1. The number of aliphatic hydroxyl groups excluding tert-OH is 4. The Labute approximate surface area is 154 Å². The zero-order valence-electron chi connectivity index (χ0n) is 14.4. The lowest BCUT2D eigenvalue weighted by Gasteiger charge is -2.40. The van der Waals surface area contributed by atoms with Crippen LogP contribution in [-0.4, -0.2) is 62.7 Å². The number of ether oxygens (including phenoxy) is 1. The first kappa shape index (κ1) is 17.9. The quantitative estimate of drug-likeness (QED) is 0.283. The number of benzene rings is 2. The van der Waals surface area contributed by atoms with Gasteiger partial charge in [0, 0.05) is 22.1 Å². The third-order valence-electron chi connectivity index (χ3n) is 4.84. The van der Waals surface area contributed by atoms with Crippen LogP contribution >= 0.6 is 0 Å². The molecule has 2 aromatic carbocycles. The molecule has 142 valence electrons. The first-order chi connectivity index (χ1) is 13.0. The molecule has 2 heterocycles. The molecule has 0 unspecified atom stereocenters. The summed E-state index contributed by atoms with van der Waals surface area (Å²) in [7, 11) is 0. The molecule has 0 spiro atoms. The highest BCUT2D eigenvalue weighted by molar-refractivity contribution is 5.94. The number of aromatic nitrogens is 1. The molecule has 8 nitrogen and oxygen atoms in total. The van der Waals surface area contributed by atoms with Crippen LogP contribution in [0.2, 0.25) is 0 Å². The summed E-state index contributed by atoms with van der Waals surface area (Å²) in [6, 6.07) is 13.0. The molecular weight excluding hydrogens is 350 g/mol. The molecule has 3 aromatic rings. The molecule has 1 aliphatic rings. The second kappa shape index (κ2) is 6.91. The molecule has 7 N–H and O–H groups in total. The Kier molecular flexibility index (Phi) is 4.58. The van der Waals surface area contributed by atoms with Crippen molar-refractivity contribution in [1.82, 2.24) is 4.98 Å². The van der Waals surface area contributed by atoms with Crippen molar-refractivity contribution in [2.24, 2.45) is 0 Å². The van der Waals surface area contributed by atoms with Gasteiger partial charge in [0.2, 0.25) is 0 Å². The largest absolute Gasteiger partial charge is 0.399 e. The maximum atomic E-state index is 10.2. The van der Waals surface area contributed by atoms with Gasteiger partial charge < -0.3 is 36.2 Å². The number of fused-ring (bicyclic) bond motifs is 2. The van der Waals surface area contributed by atoms with Crippen LogP contribution in [-0.2, 0) is 4.74 Å². The van der Waals surface area contributed by atoms with Crippen LogP contribution in [0.3, 0.4) is 0 Å².